The van der Waals surface area contributed by atoms with Crippen molar-refractivity contribution in [2.45, 2.75) is 12.2 Å². The van der Waals surface area contributed by atoms with Crippen LogP contribution in [-0.4, -0.2) is 20.9 Å². The minimum atomic E-state index is 0.435. The first-order chi connectivity index (χ1) is 2.89. The molecule has 0 aliphatic carbocycles. The highest BCUT2D eigenvalue weighted by Crippen LogP contribution is 2.06. The van der Waals surface area contributed by atoms with Crippen LogP contribution in [0.2, 0.25) is 5.82 Å². The van der Waals surface area contributed by atoms with Gasteiger partial charge >= 0.3 is 0 Å². The third-order valence-corrected chi connectivity index (χ3v) is 1.10. The number of hydrogen-bond donors (Lipinski definition) is 1. The van der Waals surface area contributed by atoms with Crippen molar-refractivity contribution in [2.75, 3.05) is 13.1 Å². The van der Waals surface area contributed by atoms with Crippen LogP contribution in [0.25, 0.3) is 0 Å². The maximum absolute atomic E-state index is 5.47. The Morgan fingerprint density at radius 3 is 2.67 bits per heavy atom. The maximum atomic E-state index is 5.47. The topological polar surface area (TPSA) is 12.0 Å². The van der Waals surface area contributed by atoms with Gasteiger partial charge in [-0.15, -0.1) is 0 Å². The van der Waals surface area contributed by atoms with Crippen LogP contribution in [-0.2, 0) is 0 Å². The van der Waals surface area contributed by atoms with Crippen molar-refractivity contribution in [1.29, 1.82) is 0 Å². The molecule has 0 spiro atoms. The van der Waals surface area contributed by atoms with Crippen molar-refractivity contribution in [3.63, 3.8) is 0 Å². The fraction of sp³-hybridized carbons (Fsp3) is 1.00. The van der Waals surface area contributed by atoms with E-state index in [4.69, 9.17) is 7.85 Å². The van der Waals surface area contributed by atoms with Gasteiger partial charge in [0.15, 0.2) is 0 Å². The molecule has 1 rings (SSSR count). The Bertz CT molecular complexity index is 40.8. The summed E-state index contributed by atoms with van der Waals surface area (Å²) in [4.78, 5) is 0. The van der Waals surface area contributed by atoms with E-state index in [0.29, 0.717) is 5.82 Å². The van der Waals surface area contributed by atoms with Crippen molar-refractivity contribution < 1.29 is 0 Å². The standard InChI is InChI=1S/C4H8BN/c5-4-1-2-6-3-4/h4,6H,1-3H2/t4-/m1/s1. The van der Waals surface area contributed by atoms with Gasteiger partial charge in [0.1, 0.15) is 0 Å². The summed E-state index contributed by atoms with van der Waals surface area (Å²) in [5, 5.41) is 3.15. The molecule has 1 atom stereocenters. The summed E-state index contributed by atoms with van der Waals surface area (Å²) in [6, 6.07) is 0. The maximum Gasteiger partial charge on any atom is 0.0717 e. The van der Waals surface area contributed by atoms with Crippen molar-refractivity contribution in [3.8, 4) is 0 Å². The first-order valence-corrected chi connectivity index (χ1v) is 2.36. The van der Waals surface area contributed by atoms with E-state index in [9.17, 15) is 0 Å². The second-order valence-electron chi connectivity index (χ2n) is 1.75. The molecule has 0 aromatic carbocycles. The molecule has 1 fully saturated rings. The highest BCUT2D eigenvalue weighted by Gasteiger charge is 2.05. The van der Waals surface area contributed by atoms with E-state index >= 15 is 0 Å². The Hall–Kier alpha value is 0.0249. The van der Waals surface area contributed by atoms with Crippen LogP contribution in [0, 0.1) is 0 Å². The zero-order valence-corrected chi connectivity index (χ0v) is 3.78. The fourth-order valence-electron chi connectivity index (χ4n) is 0.677. The molecule has 1 aliphatic rings. The summed E-state index contributed by atoms with van der Waals surface area (Å²) in [6.07, 6.45) is 1.15. The summed E-state index contributed by atoms with van der Waals surface area (Å²) in [6.45, 7) is 2.13. The molecule has 1 heterocycles. The summed E-state index contributed by atoms with van der Waals surface area (Å²) in [7, 11) is 5.47. The minimum Gasteiger partial charge on any atom is -0.317 e. The monoisotopic (exact) mass is 81.1 g/mol. The highest BCUT2D eigenvalue weighted by atomic mass is 14.9. The average Bonchev–Trinajstić information content (AvgIpc) is 1.86. The summed E-state index contributed by atoms with van der Waals surface area (Å²) < 4.78 is 0. The zero-order valence-electron chi connectivity index (χ0n) is 3.78. The van der Waals surface area contributed by atoms with Crippen molar-refractivity contribution in [3.05, 3.63) is 0 Å². The zero-order chi connectivity index (χ0) is 4.41. The molecule has 2 heteroatoms. The third kappa shape index (κ3) is 0.746. The normalized spacial score (nSPS) is 34.3. The van der Waals surface area contributed by atoms with Crippen LogP contribution in [0.5, 0.6) is 0 Å². The fourth-order valence-corrected chi connectivity index (χ4v) is 0.677. The molecule has 0 aromatic rings. The second-order valence-corrected chi connectivity index (χ2v) is 1.75. The average molecular weight is 80.9 g/mol. The summed E-state index contributed by atoms with van der Waals surface area (Å²) >= 11 is 0. The molecule has 0 unspecified atom stereocenters. The molecule has 1 N–H and O–H groups in total. The molecular weight excluding hydrogens is 72.9 g/mol. The largest absolute Gasteiger partial charge is 0.317 e. The highest BCUT2D eigenvalue weighted by molar-refractivity contribution is 6.11. The Morgan fingerprint density at radius 1 is 1.67 bits per heavy atom. The van der Waals surface area contributed by atoms with Gasteiger partial charge < -0.3 is 5.32 Å². The van der Waals surface area contributed by atoms with Crippen LogP contribution in [0.1, 0.15) is 6.42 Å². The first-order valence-electron chi connectivity index (χ1n) is 2.36. The number of rotatable bonds is 0. The molecule has 0 bridgehead atoms. The lowest BCUT2D eigenvalue weighted by Gasteiger charge is -1.90. The Balaban J connectivity index is 2.18. The van der Waals surface area contributed by atoms with Gasteiger partial charge in [-0.25, -0.2) is 0 Å². The minimum absolute atomic E-state index is 0.435. The van der Waals surface area contributed by atoms with Crippen LogP contribution in [0.3, 0.4) is 0 Å². The molecule has 0 aromatic heterocycles. The van der Waals surface area contributed by atoms with Crippen molar-refractivity contribution in [2.24, 2.45) is 0 Å². The van der Waals surface area contributed by atoms with Gasteiger partial charge in [0.25, 0.3) is 0 Å². The Morgan fingerprint density at radius 2 is 2.50 bits per heavy atom. The molecule has 0 saturated carbocycles. The van der Waals surface area contributed by atoms with Gasteiger partial charge in [-0.05, 0) is 19.5 Å². The summed E-state index contributed by atoms with van der Waals surface area (Å²) in [5.74, 6) is 0.435. The van der Waals surface area contributed by atoms with E-state index in [1.54, 1.807) is 0 Å². The summed E-state index contributed by atoms with van der Waals surface area (Å²) in [5.41, 5.74) is 0. The van der Waals surface area contributed by atoms with E-state index in [2.05, 4.69) is 5.32 Å². The van der Waals surface area contributed by atoms with Crippen molar-refractivity contribution >= 4 is 7.85 Å². The molecule has 6 heavy (non-hydrogen) atoms. The molecule has 1 saturated heterocycles. The van der Waals surface area contributed by atoms with E-state index < -0.39 is 0 Å². The van der Waals surface area contributed by atoms with Crippen LogP contribution in [0.4, 0.5) is 0 Å². The quantitative estimate of drug-likeness (QED) is 0.402. The third-order valence-electron chi connectivity index (χ3n) is 1.10. The molecule has 1 nitrogen and oxygen atoms in total. The number of hydrogen-bond acceptors (Lipinski definition) is 1. The lowest BCUT2D eigenvalue weighted by Crippen LogP contribution is -2.05. The van der Waals surface area contributed by atoms with E-state index in [1.807, 2.05) is 0 Å². The lowest BCUT2D eigenvalue weighted by molar-refractivity contribution is 0.856. The van der Waals surface area contributed by atoms with Crippen LogP contribution >= 0.6 is 0 Å². The predicted molar refractivity (Wildman–Crippen MR) is 27.0 cm³/mol. The first kappa shape index (κ1) is 4.19. The predicted octanol–water partition coefficient (Wildman–Crippen LogP) is -0.0633. The molecular formula is C4H8BN. The van der Waals surface area contributed by atoms with Gasteiger partial charge in [-0.3, -0.25) is 0 Å². The molecule has 0 amide bonds. The van der Waals surface area contributed by atoms with Gasteiger partial charge in [0, 0.05) is 0 Å². The van der Waals surface area contributed by atoms with Crippen molar-refractivity contribution in [1.82, 2.24) is 5.32 Å². The van der Waals surface area contributed by atoms with Gasteiger partial charge in [-0.2, -0.15) is 0 Å². The Labute approximate surface area is 39.5 Å². The Kier molecular flexibility index (Phi) is 1.15. The van der Waals surface area contributed by atoms with E-state index in [0.717, 1.165) is 19.5 Å². The lowest BCUT2D eigenvalue weighted by atomic mass is 9.87. The van der Waals surface area contributed by atoms with Gasteiger partial charge in [-0.1, -0.05) is 5.82 Å². The SMILES string of the molecule is [B][C@@H]1CCNC1. The van der Waals surface area contributed by atoms with Crippen LogP contribution in [0.15, 0.2) is 0 Å². The molecule has 2 radical (unpaired) electrons. The number of nitrogens with one attached hydrogen (secondary N) is 1. The van der Waals surface area contributed by atoms with E-state index in [1.165, 1.54) is 0 Å². The smallest absolute Gasteiger partial charge is 0.0717 e. The van der Waals surface area contributed by atoms with Crippen LogP contribution < -0.4 is 5.32 Å². The van der Waals surface area contributed by atoms with Gasteiger partial charge in [0.05, 0.1) is 7.85 Å². The molecule has 1 aliphatic heterocycles. The second kappa shape index (κ2) is 1.65. The van der Waals surface area contributed by atoms with Gasteiger partial charge in [0.2, 0.25) is 0 Å². The van der Waals surface area contributed by atoms with E-state index in [-0.39, 0.29) is 0 Å². The molecule has 32 valence electrons.